The summed E-state index contributed by atoms with van der Waals surface area (Å²) in [5.74, 6) is -0.693. The number of aliphatic hydroxyl groups is 1. The number of allylic oxidation sites excluding steroid dienone is 1. The van der Waals surface area contributed by atoms with Gasteiger partial charge in [0.1, 0.15) is 11.8 Å². The van der Waals surface area contributed by atoms with Crippen molar-refractivity contribution in [1.29, 1.82) is 5.26 Å². The number of nitrogens with zero attached hydrogens (tertiary/aromatic N) is 1. The maximum absolute atomic E-state index is 12.2. The Kier molecular flexibility index (Phi) is 5.60. The Morgan fingerprint density at radius 1 is 1.08 bits per heavy atom. The predicted molar refractivity (Wildman–Crippen MR) is 102 cm³/mol. The van der Waals surface area contributed by atoms with Crippen LogP contribution in [0.4, 0.5) is 5.69 Å². The van der Waals surface area contributed by atoms with Gasteiger partial charge in [-0.2, -0.15) is 5.26 Å². The molecule has 1 fully saturated rings. The quantitative estimate of drug-likeness (QED) is 0.437. The summed E-state index contributed by atoms with van der Waals surface area (Å²) in [6, 6.07) is 17.1. The van der Waals surface area contributed by atoms with Crippen molar-refractivity contribution in [2.24, 2.45) is 5.92 Å². The van der Waals surface area contributed by atoms with Gasteiger partial charge in [-0.3, -0.25) is 4.79 Å². The van der Waals surface area contributed by atoms with Crippen molar-refractivity contribution in [3.8, 4) is 6.07 Å². The molecule has 0 radical (unpaired) electrons. The smallest absolute Gasteiger partial charge is 0.269 e. The fraction of sp³-hybridized carbons (Fsp3) is 0.238. The summed E-state index contributed by atoms with van der Waals surface area (Å²) in [7, 11) is 0. The third-order valence-corrected chi connectivity index (χ3v) is 4.64. The molecule has 3 rings (SSSR count). The zero-order valence-electron chi connectivity index (χ0n) is 14.2. The number of amides is 1. The number of anilines is 1. The molecular formula is C21H19ClN2O2. The molecular weight excluding hydrogens is 348 g/mol. The molecule has 0 unspecified atom stereocenters. The summed E-state index contributed by atoms with van der Waals surface area (Å²) in [6.07, 6.45) is 3.43. The van der Waals surface area contributed by atoms with Crippen molar-refractivity contribution in [2.75, 3.05) is 5.32 Å². The molecule has 0 aromatic heterocycles. The molecule has 0 bridgehead atoms. The van der Waals surface area contributed by atoms with Crippen LogP contribution >= 0.6 is 11.6 Å². The normalized spacial score (nSPS) is 14.3. The van der Waals surface area contributed by atoms with Crippen LogP contribution in [0.1, 0.15) is 24.0 Å². The van der Waals surface area contributed by atoms with Gasteiger partial charge in [0.05, 0.1) is 0 Å². The SMILES string of the molecule is N#C/C(C(=O)Nc1ccc(CCc2ccc(Cl)cc2)cc1)=C(/O)C1CC1. The first kappa shape index (κ1) is 18.0. The molecule has 2 aromatic carbocycles. The summed E-state index contributed by atoms with van der Waals surface area (Å²) in [4.78, 5) is 12.2. The van der Waals surface area contributed by atoms with E-state index in [0.29, 0.717) is 5.69 Å². The second kappa shape index (κ2) is 8.07. The molecule has 0 aliphatic heterocycles. The lowest BCUT2D eigenvalue weighted by molar-refractivity contribution is -0.112. The van der Waals surface area contributed by atoms with Crippen LogP contribution in [0.3, 0.4) is 0 Å². The number of carbonyl (C=O) groups excluding carboxylic acids is 1. The molecule has 0 atom stereocenters. The number of hydrogen-bond acceptors (Lipinski definition) is 3. The monoisotopic (exact) mass is 366 g/mol. The second-order valence-corrected chi connectivity index (χ2v) is 6.86. The van der Waals surface area contributed by atoms with E-state index in [1.165, 1.54) is 5.56 Å². The minimum atomic E-state index is -0.564. The van der Waals surface area contributed by atoms with Gasteiger partial charge in [0.15, 0.2) is 5.57 Å². The molecule has 0 heterocycles. The lowest BCUT2D eigenvalue weighted by atomic mass is 10.0. The Labute approximate surface area is 157 Å². The molecule has 5 heteroatoms. The van der Waals surface area contributed by atoms with Gasteiger partial charge in [0.25, 0.3) is 5.91 Å². The Balaban J connectivity index is 1.59. The average Bonchev–Trinajstić information content (AvgIpc) is 3.48. The van der Waals surface area contributed by atoms with Crippen LogP contribution in [0.15, 0.2) is 59.9 Å². The summed E-state index contributed by atoms with van der Waals surface area (Å²) < 4.78 is 0. The molecule has 1 saturated carbocycles. The number of aryl methyl sites for hydroxylation is 2. The van der Waals surface area contributed by atoms with Crippen LogP contribution in [-0.4, -0.2) is 11.0 Å². The van der Waals surface area contributed by atoms with Gasteiger partial charge in [-0.25, -0.2) is 0 Å². The zero-order valence-corrected chi connectivity index (χ0v) is 15.0. The Bertz CT molecular complexity index is 860. The highest BCUT2D eigenvalue weighted by atomic mass is 35.5. The van der Waals surface area contributed by atoms with Crippen molar-refractivity contribution in [3.05, 3.63) is 76.0 Å². The molecule has 1 aliphatic rings. The van der Waals surface area contributed by atoms with Crippen LogP contribution in [-0.2, 0) is 17.6 Å². The van der Waals surface area contributed by atoms with E-state index in [0.717, 1.165) is 36.3 Å². The number of nitriles is 1. The fourth-order valence-electron chi connectivity index (χ4n) is 2.67. The minimum Gasteiger partial charge on any atom is -0.510 e. The van der Waals surface area contributed by atoms with Crippen molar-refractivity contribution >= 4 is 23.2 Å². The van der Waals surface area contributed by atoms with E-state index in [9.17, 15) is 9.90 Å². The highest BCUT2D eigenvalue weighted by Gasteiger charge is 2.30. The molecule has 4 nitrogen and oxygen atoms in total. The van der Waals surface area contributed by atoms with Crippen molar-refractivity contribution in [1.82, 2.24) is 0 Å². The minimum absolute atomic E-state index is 0.0364. The first-order valence-electron chi connectivity index (χ1n) is 8.55. The number of hydrogen-bond donors (Lipinski definition) is 2. The van der Waals surface area contributed by atoms with Crippen LogP contribution in [0, 0.1) is 17.2 Å². The van der Waals surface area contributed by atoms with Crippen LogP contribution < -0.4 is 5.32 Å². The molecule has 1 amide bonds. The van der Waals surface area contributed by atoms with E-state index in [1.807, 2.05) is 36.4 Å². The predicted octanol–water partition coefficient (Wildman–Crippen LogP) is 4.81. The summed E-state index contributed by atoms with van der Waals surface area (Å²) >= 11 is 5.89. The van der Waals surface area contributed by atoms with Gasteiger partial charge in [0.2, 0.25) is 0 Å². The van der Waals surface area contributed by atoms with Gasteiger partial charge in [-0.1, -0.05) is 35.9 Å². The number of halogens is 1. The second-order valence-electron chi connectivity index (χ2n) is 6.42. The lowest BCUT2D eigenvalue weighted by Gasteiger charge is -2.07. The maximum atomic E-state index is 12.2. The maximum Gasteiger partial charge on any atom is 0.269 e. The molecule has 0 saturated heterocycles. The zero-order chi connectivity index (χ0) is 18.5. The standard InChI is InChI=1S/C21H19ClN2O2/c22-17-9-3-14(4-10-17)1-2-15-5-11-18(12-6-15)24-21(26)19(13-23)20(25)16-7-8-16/h3-6,9-12,16,25H,1-2,7-8H2,(H,24,26)/b20-19-. The number of rotatable bonds is 6. The molecule has 132 valence electrons. The van der Waals surface area contributed by atoms with E-state index < -0.39 is 5.91 Å². The number of aliphatic hydroxyl groups excluding tert-OH is 1. The largest absolute Gasteiger partial charge is 0.510 e. The molecule has 2 aromatic rings. The van der Waals surface area contributed by atoms with Crippen molar-refractivity contribution in [2.45, 2.75) is 25.7 Å². The summed E-state index contributed by atoms with van der Waals surface area (Å²) in [5, 5.41) is 22.4. The van der Waals surface area contributed by atoms with Crippen LogP contribution in [0.25, 0.3) is 0 Å². The highest BCUT2D eigenvalue weighted by Crippen LogP contribution is 2.36. The van der Waals surface area contributed by atoms with Crippen LogP contribution in [0.5, 0.6) is 0 Å². The Hall–Kier alpha value is -2.77. The number of nitrogens with one attached hydrogen (secondary N) is 1. The topological polar surface area (TPSA) is 73.1 Å². The van der Waals surface area contributed by atoms with Crippen LogP contribution in [0.2, 0.25) is 5.02 Å². The first-order chi connectivity index (χ1) is 12.6. The fourth-order valence-corrected chi connectivity index (χ4v) is 2.80. The van der Waals surface area contributed by atoms with Gasteiger partial charge >= 0.3 is 0 Å². The lowest BCUT2D eigenvalue weighted by Crippen LogP contribution is -2.16. The third-order valence-electron chi connectivity index (χ3n) is 4.39. The molecule has 2 N–H and O–H groups in total. The van der Waals surface area contributed by atoms with Gasteiger partial charge in [-0.05, 0) is 61.1 Å². The average molecular weight is 367 g/mol. The van der Waals surface area contributed by atoms with Crippen molar-refractivity contribution in [3.63, 3.8) is 0 Å². The van der Waals surface area contributed by atoms with E-state index in [2.05, 4.69) is 5.32 Å². The van der Waals surface area contributed by atoms with Gasteiger partial charge in [0, 0.05) is 16.6 Å². The van der Waals surface area contributed by atoms with E-state index in [-0.39, 0.29) is 17.3 Å². The van der Waals surface area contributed by atoms with Gasteiger partial charge in [-0.15, -0.1) is 0 Å². The molecule has 0 spiro atoms. The van der Waals surface area contributed by atoms with E-state index in [1.54, 1.807) is 18.2 Å². The first-order valence-corrected chi connectivity index (χ1v) is 8.92. The van der Waals surface area contributed by atoms with Gasteiger partial charge < -0.3 is 10.4 Å². The van der Waals surface area contributed by atoms with E-state index in [4.69, 9.17) is 16.9 Å². The Morgan fingerprint density at radius 3 is 2.12 bits per heavy atom. The molecule has 1 aliphatic carbocycles. The highest BCUT2D eigenvalue weighted by molar-refractivity contribution is 6.30. The Morgan fingerprint density at radius 2 is 1.62 bits per heavy atom. The van der Waals surface area contributed by atoms with E-state index >= 15 is 0 Å². The third kappa shape index (κ3) is 4.65. The van der Waals surface area contributed by atoms with Crippen molar-refractivity contribution < 1.29 is 9.90 Å². The summed E-state index contributed by atoms with van der Waals surface area (Å²) in [6.45, 7) is 0. The number of benzene rings is 2. The summed E-state index contributed by atoms with van der Waals surface area (Å²) in [5.41, 5.74) is 2.77. The molecule has 26 heavy (non-hydrogen) atoms. The number of carbonyl (C=O) groups is 1.